The first-order valence-electron chi connectivity index (χ1n) is 3.98. The summed E-state index contributed by atoms with van der Waals surface area (Å²) in [7, 11) is 1.95. The average Bonchev–Trinajstić information content (AvgIpc) is 2.75. The van der Waals surface area contributed by atoms with Gasteiger partial charge in [-0.3, -0.25) is 0 Å². The van der Waals surface area contributed by atoms with Crippen LogP contribution in [0.25, 0.3) is 0 Å². The summed E-state index contributed by atoms with van der Waals surface area (Å²) in [6.07, 6.45) is 1.67. The second-order valence-electron chi connectivity index (χ2n) is 2.77. The molecule has 14 heavy (non-hydrogen) atoms. The highest BCUT2D eigenvalue weighted by atomic mass is 79.9. The van der Waals surface area contributed by atoms with Gasteiger partial charge in [0.05, 0.1) is 12.8 Å². The fourth-order valence-electron chi connectivity index (χ4n) is 1.06. The second kappa shape index (κ2) is 4.10. The van der Waals surface area contributed by atoms with E-state index in [9.17, 15) is 0 Å². The maximum atomic E-state index is 5.24. The predicted molar refractivity (Wildman–Crippen MR) is 58.4 cm³/mol. The highest BCUT2D eigenvalue weighted by molar-refractivity contribution is 9.11. The molecule has 0 aliphatic carbocycles. The van der Waals surface area contributed by atoms with Crippen molar-refractivity contribution in [3.63, 3.8) is 0 Å². The molecule has 2 aromatic heterocycles. The van der Waals surface area contributed by atoms with Crippen LogP contribution in [-0.4, -0.2) is 17.2 Å². The molecule has 0 saturated heterocycles. The predicted octanol–water partition coefficient (Wildman–Crippen LogP) is 2.53. The number of hydrogen-bond acceptors (Lipinski definition) is 5. The monoisotopic (exact) mass is 273 g/mol. The first-order valence-corrected chi connectivity index (χ1v) is 5.59. The van der Waals surface area contributed by atoms with E-state index in [1.54, 1.807) is 6.26 Å². The molecule has 0 amide bonds. The largest absolute Gasteiger partial charge is 0.467 e. The molecule has 0 spiro atoms. The van der Waals surface area contributed by atoms with Crippen LogP contribution in [-0.2, 0) is 6.54 Å². The van der Waals surface area contributed by atoms with Gasteiger partial charge in [0.1, 0.15) is 5.76 Å². The normalized spacial score (nSPS) is 10.4. The molecule has 0 aromatic carbocycles. The Morgan fingerprint density at radius 2 is 2.43 bits per heavy atom. The fraction of sp³-hybridized carbons (Fsp3) is 0.250. The van der Waals surface area contributed by atoms with E-state index in [0.717, 1.165) is 14.8 Å². The Balaban J connectivity index is 2.06. The third-order valence-electron chi connectivity index (χ3n) is 1.69. The summed E-state index contributed by atoms with van der Waals surface area (Å²) >= 11 is 4.77. The van der Waals surface area contributed by atoms with Crippen molar-refractivity contribution in [3.05, 3.63) is 28.1 Å². The van der Waals surface area contributed by atoms with Crippen LogP contribution >= 0.6 is 27.3 Å². The number of hydrogen-bond donors (Lipinski definition) is 0. The molecular formula is C8H8BrN3OS. The zero-order chi connectivity index (χ0) is 9.97. The van der Waals surface area contributed by atoms with E-state index in [0.29, 0.717) is 6.54 Å². The Morgan fingerprint density at radius 1 is 1.57 bits per heavy atom. The first-order chi connectivity index (χ1) is 6.75. The van der Waals surface area contributed by atoms with Crippen molar-refractivity contribution in [2.75, 3.05) is 11.9 Å². The number of furan rings is 1. The molecule has 0 radical (unpaired) electrons. The topological polar surface area (TPSA) is 42.2 Å². The molecule has 0 aliphatic heterocycles. The van der Waals surface area contributed by atoms with Gasteiger partial charge in [-0.2, -0.15) is 0 Å². The molecule has 6 heteroatoms. The SMILES string of the molecule is CN(Cc1ccco1)c1nnc(Br)s1. The Kier molecular flexibility index (Phi) is 2.83. The number of nitrogens with zero attached hydrogens (tertiary/aromatic N) is 3. The van der Waals surface area contributed by atoms with Gasteiger partial charge >= 0.3 is 0 Å². The molecule has 0 bridgehead atoms. The van der Waals surface area contributed by atoms with Crippen LogP contribution in [0.4, 0.5) is 5.13 Å². The average molecular weight is 274 g/mol. The summed E-state index contributed by atoms with van der Waals surface area (Å²) in [6.45, 7) is 0.703. The van der Waals surface area contributed by atoms with E-state index in [1.165, 1.54) is 11.3 Å². The summed E-state index contributed by atoms with van der Waals surface area (Å²) in [5.74, 6) is 0.916. The van der Waals surface area contributed by atoms with Gasteiger partial charge in [0.25, 0.3) is 0 Å². The van der Waals surface area contributed by atoms with Crippen molar-refractivity contribution in [1.29, 1.82) is 0 Å². The van der Waals surface area contributed by atoms with Crippen LogP contribution in [0.2, 0.25) is 0 Å². The number of anilines is 1. The third kappa shape index (κ3) is 2.13. The van der Waals surface area contributed by atoms with Gasteiger partial charge in [-0.1, -0.05) is 11.3 Å². The molecule has 2 rings (SSSR count). The van der Waals surface area contributed by atoms with Crippen molar-refractivity contribution in [3.8, 4) is 0 Å². The van der Waals surface area contributed by atoms with Gasteiger partial charge < -0.3 is 9.32 Å². The van der Waals surface area contributed by atoms with Gasteiger partial charge in [-0.15, -0.1) is 10.2 Å². The van der Waals surface area contributed by atoms with Crippen LogP contribution < -0.4 is 4.90 Å². The lowest BCUT2D eigenvalue weighted by atomic mass is 10.4. The second-order valence-corrected chi connectivity index (χ2v) is 5.01. The molecule has 2 heterocycles. The van der Waals surface area contributed by atoms with Crippen LogP contribution in [0.15, 0.2) is 26.7 Å². The Labute approximate surface area is 93.7 Å². The number of rotatable bonds is 3. The van der Waals surface area contributed by atoms with Crippen molar-refractivity contribution < 1.29 is 4.42 Å². The van der Waals surface area contributed by atoms with Gasteiger partial charge in [0.2, 0.25) is 5.13 Å². The molecule has 0 unspecified atom stereocenters. The number of aromatic nitrogens is 2. The third-order valence-corrected chi connectivity index (χ3v) is 3.16. The summed E-state index contributed by atoms with van der Waals surface area (Å²) in [4.78, 5) is 1.99. The molecule has 0 N–H and O–H groups in total. The minimum atomic E-state index is 0.703. The number of halogens is 1. The molecule has 4 nitrogen and oxygen atoms in total. The zero-order valence-electron chi connectivity index (χ0n) is 7.48. The van der Waals surface area contributed by atoms with E-state index < -0.39 is 0 Å². The maximum absolute atomic E-state index is 5.24. The standard InChI is InChI=1S/C8H8BrN3OS/c1-12(5-6-3-2-4-13-6)8-11-10-7(9)14-8/h2-4H,5H2,1H3. The van der Waals surface area contributed by atoms with Crippen LogP contribution in [0.1, 0.15) is 5.76 Å². The maximum Gasteiger partial charge on any atom is 0.209 e. The van der Waals surface area contributed by atoms with Crippen LogP contribution in [0.3, 0.4) is 0 Å². The molecule has 0 fully saturated rings. The zero-order valence-corrected chi connectivity index (χ0v) is 9.88. The summed E-state index contributed by atoms with van der Waals surface area (Å²) in [6, 6.07) is 3.81. The van der Waals surface area contributed by atoms with Crippen molar-refractivity contribution in [1.82, 2.24) is 10.2 Å². The van der Waals surface area contributed by atoms with E-state index in [-0.39, 0.29) is 0 Å². The van der Waals surface area contributed by atoms with Crippen LogP contribution in [0.5, 0.6) is 0 Å². The summed E-state index contributed by atoms with van der Waals surface area (Å²) in [5, 5.41) is 8.75. The highest BCUT2D eigenvalue weighted by Crippen LogP contribution is 2.24. The van der Waals surface area contributed by atoms with Gasteiger partial charge in [-0.05, 0) is 28.1 Å². The summed E-state index contributed by atoms with van der Waals surface area (Å²) in [5.41, 5.74) is 0. The summed E-state index contributed by atoms with van der Waals surface area (Å²) < 4.78 is 6.03. The van der Waals surface area contributed by atoms with E-state index in [1.807, 2.05) is 24.1 Å². The minimum absolute atomic E-state index is 0.703. The van der Waals surface area contributed by atoms with E-state index in [4.69, 9.17) is 4.42 Å². The molecule has 74 valence electrons. The van der Waals surface area contributed by atoms with Gasteiger partial charge in [-0.25, -0.2) is 0 Å². The Hall–Kier alpha value is -0.880. The lowest BCUT2D eigenvalue weighted by Crippen LogP contribution is -2.15. The Bertz CT molecular complexity index is 400. The smallest absolute Gasteiger partial charge is 0.209 e. The molecule has 0 aliphatic rings. The highest BCUT2D eigenvalue weighted by Gasteiger charge is 2.08. The molecule has 0 atom stereocenters. The quantitative estimate of drug-likeness (QED) is 0.862. The minimum Gasteiger partial charge on any atom is -0.467 e. The first kappa shape index (κ1) is 9.67. The lowest BCUT2D eigenvalue weighted by molar-refractivity contribution is 0.507. The van der Waals surface area contributed by atoms with Gasteiger partial charge in [0, 0.05) is 7.05 Å². The Morgan fingerprint density at radius 3 is 3.00 bits per heavy atom. The molecular weight excluding hydrogens is 266 g/mol. The van der Waals surface area contributed by atoms with Gasteiger partial charge in [0.15, 0.2) is 3.92 Å². The molecule has 2 aromatic rings. The van der Waals surface area contributed by atoms with E-state index >= 15 is 0 Å². The fourth-order valence-corrected chi connectivity index (χ4v) is 2.10. The lowest BCUT2D eigenvalue weighted by Gasteiger charge is -2.12. The van der Waals surface area contributed by atoms with Crippen molar-refractivity contribution in [2.45, 2.75) is 6.54 Å². The van der Waals surface area contributed by atoms with E-state index in [2.05, 4.69) is 26.1 Å². The molecule has 0 saturated carbocycles. The van der Waals surface area contributed by atoms with Crippen LogP contribution in [0, 0.1) is 0 Å². The van der Waals surface area contributed by atoms with Crippen molar-refractivity contribution >= 4 is 32.4 Å². The van der Waals surface area contributed by atoms with Crippen molar-refractivity contribution in [2.24, 2.45) is 0 Å².